The quantitative estimate of drug-likeness (QED) is 0.498. The van der Waals surface area contributed by atoms with Gasteiger partial charge in [-0.15, -0.1) is 11.3 Å². The van der Waals surface area contributed by atoms with E-state index in [1.807, 2.05) is 29.2 Å². The number of aromatic nitrogens is 1. The molecule has 3 aromatic rings. The van der Waals surface area contributed by atoms with Gasteiger partial charge in [-0.1, -0.05) is 18.6 Å². The SMILES string of the molecule is O=C(O)CCC(=O)N(C1CC1)C1c2cc(F)ccc2N(C(=O)c2nc3ccccc3s2)C2CCCC21. The van der Waals surface area contributed by atoms with Gasteiger partial charge in [0, 0.05) is 35.7 Å². The Kier molecular flexibility index (Phi) is 5.75. The van der Waals surface area contributed by atoms with Crippen LogP contribution in [0.3, 0.4) is 0 Å². The number of aliphatic carboxylic acids is 1. The standard InChI is InChI=1S/C27H26FN3O4S/c28-15-8-11-21-18(14-15)25(30(16-9-10-16)23(32)12-13-24(33)34)17-4-3-6-20(17)31(21)27(35)26-29-19-5-1-2-7-22(19)36-26/h1-2,5,7-8,11,14,16-17,20,25H,3-4,6,9-10,12-13H2,(H,33,34). The highest BCUT2D eigenvalue weighted by Crippen LogP contribution is 2.53. The maximum atomic E-state index is 14.6. The molecule has 0 saturated heterocycles. The van der Waals surface area contributed by atoms with E-state index < -0.39 is 11.8 Å². The largest absolute Gasteiger partial charge is 0.481 e. The van der Waals surface area contributed by atoms with Crippen molar-refractivity contribution in [3.63, 3.8) is 0 Å². The van der Waals surface area contributed by atoms with E-state index in [1.165, 1.54) is 23.5 Å². The average Bonchev–Trinajstić information content (AvgIpc) is 3.40. The zero-order valence-corrected chi connectivity index (χ0v) is 20.4. The number of carboxylic acid groups (broad SMARTS) is 1. The van der Waals surface area contributed by atoms with Crippen LogP contribution in [0.1, 0.15) is 66.4 Å². The molecule has 3 atom stereocenters. The van der Waals surface area contributed by atoms with Crippen molar-refractivity contribution in [2.24, 2.45) is 5.92 Å². The number of thiazole rings is 1. The minimum atomic E-state index is -1.01. The molecular formula is C27H26FN3O4S. The molecule has 6 rings (SSSR count). The normalized spacial score (nSPS) is 22.8. The molecule has 186 valence electrons. The Hall–Kier alpha value is -3.33. The van der Waals surface area contributed by atoms with E-state index in [9.17, 15) is 18.8 Å². The molecule has 2 amide bonds. The molecule has 3 aliphatic rings. The van der Waals surface area contributed by atoms with Crippen LogP contribution >= 0.6 is 11.3 Å². The number of halogens is 1. The van der Waals surface area contributed by atoms with Crippen LogP contribution in [-0.2, 0) is 9.59 Å². The maximum absolute atomic E-state index is 14.6. The summed E-state index contributed by atoms with van der Waals surface area (Å²) in [7, 11) is 0. The Labute approximate surface area is 211 Å². The van der Waals surface area contributed by atoms with Crippen molar-refractivity contribution in [2.45, 2.75) is 63.1 Å². The van der Waals surface area contributed by atoms with E-state index in [2.05, 4.69) is 4.98 Å². The molecule has 2 aliphatic carbocycles. The van der Waals surface area contributed by atoms with E-state index in [4.69, 9.17) is 5.11 Å². The fourth-order valence-electron chi connectivity index (χ4n) is 6.01. The van der Waals surface area contributed by atoms with Gasteiger partial charge < -0.3 is 14.9 Å². The van der Waals surface area contributed by atoms with Crippen molar-refractivity contribution >= 4 is 45.0 Å². The van der Waals surface area contributed by atoms with Gasteiger partial charge in [0.2, 0.25) is 5.91 Å². The summed E-state index contributed by atoms with van der Waals surface area (Å²) in [5.41, 5.74) is 2.01. The highest BCUT2D eigenvalue weighted by Gasteiger charge is 2.51. The van der Waals surface area contributed by atoms with Gasteiger partial charge in [-0.25, -0.2) is 9.37 Å². The number of nitrogens with zero attached hydrogens (tertiary/aromatic N) is 3. The van der Waals surface area contributed by atoms with Crippen LogP contribution in [0.25, 0.3) is 10.2 Å². The molecule has 2 saturated carbocycles. The van der Waals surface area contributed by atoms with Crippen molar-refractivity contribution < 1.29 is 23.9 Å². The molecule has 2 aromatic carbocycles. The van der Waals surface area contributed by atoms with Gasteiger partial charge in [0.25, 0.3) is 5.91 Å². The Morgan fingerprint density at radius 3 is 2.64 bits per heavy atom. The molecule has 0 bridgehead atoms. The zero-order chi connectivity index (χ0) is 25.0. The minimum absolute atomic E-state index is 0.0279. The number of carboxylic acids is 1. The summed E-state index contributed by atoms with van der Waals surface area (Å²) in [6.07, 6.45) is 3.88. The van der Waals surface area contributed by atoms with Crippen molar-refractivity contribution in [1.29, 1.82) is 0 Å². The van der Waals surface area contributed by atoms with Crippen LogP contribution in [0.5, 0.6) is 0 Å². The first-order valence-corrected chi connectivity index (χ1v) is 13.3. The lowest BCUT2D eigenvalue weighted by Crippen LogP contribution is -2.53. The molecule has 3 unspecified atom stereocenters. The number of anilines is 1. The van der Waals surface area contributed by atoms with Crippen LogP contribution in [0.2, 0.25) is 0 Å². The van der Waals surface area contributed by atoms with Gasteiger partial charge in [0.15, 0.2) is 5.01 Å². The Balaban J connectivity index is 1.44. The van der Waals surface area contributed by atoms with Crippen LogP contribution in [0, 0.1) is 11.7 Å². The monoisotopic (exact) mass is 507 g/mol. The molecule has 7 nitrogen and oxygen atoms in total. The fourth-order valence-corrected chi connectivity index (χ4v) is 6.92. The Bertz CT molecular complexity index is 1340. The summed E-state index contributed by atoms with van der Waals surface area (Å²) in [6.45, 7) is 0. The van der Waals surface area contributed by atoms with Gasteiger partial charge in [-0.05, 0) is 56.0 Å². The number of fused-ring (bicyclic) bond motifs is 3. The van der Waals surface area contributed by atoms with Crippen molar-refractivity contribution in [2.75, 3.05) is 4.90 Å². The maximum Gasteiger partial charge on any atom is 0.303 e. The number of hydrogen-bond acceptors (Lipinski definition) is 5. The molecule has 1 aromatic heterocycles. The molecular weight excluding hydrogens is 481 g/mol. The average molecular weight is 508 g/mol. The van der Waals surface area contributed by atoms with E-state index >= 15 is 0 Å². The Morgan fingerprint density at radius 1 is 1.08 bits per heavy atom. The molecule has 9 heteroatoms. The lowest BCUT2D eigenvalue weighted by molar-refractivity contribution is -0.142. The van der Waals surface area contributed by atoms with E-state index in [-0.39, 0.29) is 48.7 Å². The predicted molar refractivity (Wildman–Crippen MR) is 133 cm³/mol. The second kappa shape index (κ2) is 8.96. The van der Waals surface area contributed by atoms with E-state index in [0.29, 0.717) is 16.3 Å². The number of para-hydroxylation sites is 1. The third-order valence-electron chi connectivity index (χ3n) is 7.61. The summed E-state index contributed by atoms with van der Waals surface area (Å²) < 4.78 is 15.6. The Morgan fingerprint density at radius 2 is 1.89 bits per heavy atom. The molecule has 1 N–H and O–H groups in total. The summed E-state index contributed by atoms with van der Waals surface area (Å²) in [6, 6.07) is 11.6. The molecule has 2 heterocycles. The number of carbonyl (C=O) groups is 3. The molecule has 1 aliphatic heterocycles. The summed E-state index contributed by atoms with van der Waals surface area (Å²) in [4.78, 5) is 46.6. The second-order valence-corrected chi connectivity index (χ2v) is 10.9. The van der Waals surface area contributed by atoms with Crippen LogP contribution in [-0.4, -0.2) is 44.9 Å². The number of rotatable bonds is 6. The third-order valence-corrected chi connectivity index (χ3v) is 8.64. The number of hydrogen-bond donors (Lipinski definition) is 1. The molecule has 0 spiro atoms. The van der Waals surface area contributed by atoms with Crippen molar-refractivity contribution in [1.82, 2.24) is 9.88 Å². The second-order valence-electron chi connectivity index (χ2n) is 9.90. The highest BCUT2D eigenvalue weighted by molar-refractivity contribution is 7.20. The van der Waals surface area contributed by atoms with Crippen LogP contribution in [0.4, 0.5) is 10.1 Å². The smallest absolute Gasteiger partial charge is 0.303 e. The lowest BCUT2D eigenvalue weighted by Gasteiger charge is -2.47. The number of benzene rings is 2. The topological polar surface area (TPSA) is 90.8 Å². The molecule has 2 fully saturated rings. The first-order chi connectivity index (χ1) is 17.4. The van der Waals surface area contributed by atoms with E-state index in [0.717, 1.165) is 42.3 Å². The lowest BCUT2D eigenvalue weighted by atomic mass is 9.81. The van der Waals surface area contributed by atoms with Crippen LogP contribution < -0.4 is 4.90 Å². The van der Waals surface area contributed by atoms with Gasteiger partial charge in [-0.3, -0.25) is 14.4 Å². The van der Waals surface area contributed by atoms with Gasteiger partial charge >= 0.3 is 5.97 Å². The van der Waals surface area contributed by atoms with Gasteiger partial charge in [-0.2, -0.15) is 0 Å². The number of amides is 2. The molecule has 0 radical (unpaired) electrons. The third kappa shape index (κ3) is 3.95. The number of carbonyl (C=O) groups excluding carboxylic acids is 2. The summed E-state index contributed by atoms with van der Waals surface area (Å²) >= 11 is 1.35. The van der Waals surface area contributed by atoms with Crippen LogP contribution in [0.15, 0.2) is 42.5 Å². The first-order valence-electron chi connectivity index (χ1n) is 12.4. The van der Waals surface area contributed by atoms with Crippen molar-refractivity contribution in [3.05, 3.63) is 58.9 Å². The zero-order valence-electron chi connectivity index (χ0n) is 19.6. The van der Waals surface area contributed by atoms with Gasteiger partial charge in [0.05, 0.1) is 22.7 Å². The van der Waals surface area contributed by atoms with Gasteiger partial charge in [0.1, 0.15) is 5.82 Å². The summed E-state index contributed by atoms with van der Waals surface area (Å²) in [5.74, 6) is -1.89. The van der Waals surface area contributed by atoms with E-state index in [1.54, 1.807) is 11.0 Å². The van der Waals surface area contributed by atoms with Crippen molar-refractivity contribution in [3.8, 4) is 0 Å². The first kappa shape index (κ1) is 23.1. The predicted octanol–water partition coefficient (Wildman–Crippen LogP) is 5.16. The fraction of sp³-hybridized carbons (Fsp3) is 0.407. The summed E-state index contributed by atoms with van der Waals surface area (Å²) in [5, 5.41) is 9.54. The molecule has 36 heavy (non-hydrogen) atoms. The minimum Gasteiger partial charge on any atom is -0.481 e. The highest BCUT2D eigenvalue weighted by atomic mass is 32.1.